The van der Waals surface area contributed by atoms with Crippen LogP contribution in [0.3, 0.4) is 0 Å². The van der Waals surface area contributed by atoms with Crippen molar-refractivity contribution in [1.29, 1.82) is 0 Å². The van der Waals surface area contributed by atoms with Gasteiger partial charge in [-0.2, -0.15) is 0 Å². The van der Waals surface area contributed by atoms with Crippen molar-refractivity contribution >= 4 is 11.7 Å². The van der Waals surface area contributed by atoms with Crippen LogP contribution in [0.5, 0.6) is 0 Å². The second-order valence-corrected chi connectivity index (χ2v) is 4.62. The highest BCUT2D eigenvalue weighted by Crippen LogP contribution is 2.23. The van der Waals surface area contributed by atoms with Crippen LogP contribution in [0.2, 0.25) is 0 Å². The average molecular weight is 257 g/mol. The molecule has 0 saturated carbocycles. The number of carbonyl (C=O) groups excluding carboxylic acids is 1. The standard InChI is InChI=1S/C16H19NO2/c1-19-16(18)11-7-9-14-8-3-4-10-15(14)17-12-5-2-6-13-17/h3-4,8,10H,2,5-6,11-13H2,1H3. The van der Waals surface area contributed by atoms with E-state index in [9.17, 15) is 4.79 Å². The number of piperidine rings is 1. The largest absolute Gasteiger partial charge is 0.468 e. The molecule has 0 aromatic heterocycles. The Labute approximate surface area is 114 Å². The number of carbonyl (C=O) groups is 1. The van der Waals surface area contributed by atoms with Gasteiger partial charge in [0.05, 0.1) is 12.8 Å². The van der Waals surface area contributed by atoms with Crippen LogP contribution in [0.25, 0.3) is 0 Å². The average Bonchev–Trinajstić information content (AvgIpc) is 2.48. The lowest BCUT2D eigenvalue weighted by Crippen LogP contribution is -2.29. The van der Waals surface area contributed by atoms with E-state index in [0.29, 0.717) is 0 Å². The highest BCUT2D eigenvalue weighted by molar-refractivity contribution is 5.73. The molecule has 1 aromatic carbocycles. The zero-order valence-electron chi connectivity index (χ0n) is 11.3. The van der Waals surface area contributed by atoms with Gasteiger partial charge in [-0.05, 0) is 31.4 Å². The number of rotatable bonds is 2. The van der Waals surface area contributed by atoms with Crippen LogP contribution in [-0.2, 0) is 9.53 Å². The van der Waals surface area contributed by atoms with Gasteiger partial charge in [0.1, 0.15) is 6.42 Å². The van der Waals surface area contributed by atoms with Crippen molar-refractivity contribution in [1.82, 2.24) is 0 Å². The molecule has 0 atom stereocenters. The fraction of sp³-hybridized carbons (Fsp3) is 0.438. The molecule has 0 bridgehead atoms. The zero-order valence-corrected chi connectivity index (χ0v) is 11.3. The normalized spacial score (nSPS) is 14.5. The van der Waals surface area contributed by atoms with Crippen molar-refractivity contribution in [2.24, 2.45) is 0 Å². The smallest absolute Gasteiger partial charge is 0.317 e. The Morgan fingerprint density at radius 1 is 1.26 bits per heavy atom. The molecule has 1 fully saturated rings. The minimum absolute atomic E-state index is 0.144. The van der Waals surface area contributed by atoms with E-state index < -0.39 is 0 Å². The molecule has 19 heavy (non-hydrogen) atoms. The third-order valence-electron chi connectivity index (χ3n) is 3.28. The second-order valence-electron chi connectivity index (χ2n) is 4.62. The van der Waals surface area contributed by atoms with Gasteiger partial charge >= 0.3 is 5.97 Å². The Bertz CT molecular complexity index is 493. The van der Waals surface area contributed by atoms with E-state index in [1.54, 1.807) is 0 Å². The molecule has 2 rings (SSSR count). The van der Waals surface area contributed by atoms with E-state index in [1.807, 2.05) is 18.2 Å². The number of hydrogen-bond donors (Lipinski definition) is 0. The molecule has 0 radical (unpaired) electrons. The summed E-state index contributed by atoms with van der Waals surface area (Å²) in [5.74, 6) is 5.68. The Morgan fingerprint density at radius 2 is 2.00 bits per heavy atom. The monoisotopic (exact) mass is 257 g/mol. The van der Waals surface area contributed by atoms with Gasteiger partial charge in [-0.1, -0.05) is 24.0 Å². The first kappa shape index (κ1) is 13.5. The molecule has 0 N–H and O–H groups in total. The molecule has 3 nitrogen and oxygen atoms in total. The van der Waals surface area contributed by atoms with Crippen LogP contribution in [0.15, 0.2) is 24.3 Å². The van der Waals surface area contributed by atoms with Crippen LogP contribution in [-0.4, -0.2) is 26.2 Å². The first-order valence-corrected chi connectivity index (χ1v) is 6.71. The summed E-state index contributed by atoms with van der Waals surface area (Å²) in [6.45, 7) is 2.19. The van der Waals surface area contributed by atoms with Gasteiger partial charge in [0.25, 0.3) is 0 Å². The molecule has 1 aromatic rings. The van der Waals surface area contributed by atoms with Gasteiger partial charge in [0.15, 0.2) is 0 Å². The van der Waals surface area contributed by atoms with Gasteiger partial charge in [-0.25, -0.2) is 0 Å². The minimum atomic E-state index is -0.289. The van der Waals surface area contributed by atoms with Crippen molar-refractivity contribution in [3.8, 4) is 11.8 Å². The van der Waals surface area contributed by atoms with Crippen LogP contribution in [0.1, 0.15) is 31.2 Å². The molecular weight excluding hydrogens is 238 g/mol. The van der Waals surface area contributed by atoms with Crippen molar-refractivity contribution in [2.75, 3.05) is 25.1 Å². The lowest BCUT2D eigenvalue weighted by molar-refractivity contribution is -0.139. The van der Waals surface area contributed by atoms with Gasteiger partial charge in [0, 0.05) is 18.7 Å². The summed E-state index contributed by atoms with van der Waals surface area (Å²) >= 11 is 0. The Kier molecular flexibility index (Phi) is 4.85. The summed E-state index contributed by atoms with van der Waals surface area (Å²) in [7, 11) is 1.38. The molecule has 0 amide bonds. The van der Waals surface area contributed by atoms with Crippen LogP contribution < -0.4 is 4.90 Å². The lowest BCUT2D eigenvalue weighted by Gasteiger charge is -2.29. The number of methoxy groups -OCH3 is 1. The molecule has 0 spiro atoms. The highest BCUT2D eigenvalue weighted by Gasteiger charge is 2.12. The maximum atomic E-state index is 11.1. The predicted octanol–water partition coefficient (Wildman–Crippen LogP) is 2.59. The van der Waals surface area contributed by atoms with E-state index in [1.165, 1.54) is 32.1 Å². The number of anilines is 1. The number of esters is 1. The Balaban J connectivity index is 2.13. The number of ether oxygens (including phenoxy) is 1. The molecule has 1 saturated heterocycles. The molecule has 100 valence electrons. The zero-order chi connectivity index (χ0) is 13.5. The third kappa shape index (κ3) is 3.75. The predicted molar refractivity (Wildman–Crippen MR) is 76.0 cm³/mol. The number of hydrogen-bond acceptors (Lipinski definition) is 3. The first-order chi connectivity index (χ1) is 9.31. The lowest BCUT2D eigenvalue weighted by atomic mass is 10.1. The molecule has 3 heteroatoms. The van der Waals surface area contributed by atoms with Crippen LogP contribution in [0.4, 0.5) is 5.69 Å². The van der Waals surface area contributed by atoms with Gasteiger partial charge in [0.2, 0.25) is 0 Å². The molecule has 0 unspecified atom stereocenters. The SMILES string of the molecule is COC(=O)CC#Cc1ccccc1N1CCCCC1. The van der Waals surface area contributed by atoms with Crippen molar-refractivity contribution < 1.29 is 9.53 Å². The van der Waals surface area contributed by atoms with E-state index in [4.69, 9.17) is 0 Å². The molecular formula is C16H19NO2. The Morgan fingerprint density at radius 3 is 2.74 bits per heavy atom. The maximum absolute atomic E-state index is 11.1. The molecule has 1 aliphatic heterocycles. The summed E-state index contributed by atoms with van der Waals surface area (Å²) in [6, 6.07) is 8.13. The molecule has 1 heterocycles. The van der Waals surface area contributed by atoms with Crippen molar-refractivity contribution in [3.63, 3.8) is 0 Å². The third-order valence-corrected chi connectivity index (χ3v) is 3.28. The van der Waals surface area contributed by atoms with Gasteiger partial charge in [-0.3, -0.25) is 4.79 Å². The van der Waals surface area contributed by atoms with E-state index in [2.05, 4.69) is 27.5 Å². The van der Waals surface area contributed by atoms with Gasteiger partial charge in [-0.15, -0.1) is 0 Å². The Hall–Kier alpha value is -1.95. The molecule has 1 aliphatic rings. The van der Waals surface area contributed by atoms with E-state index >= 15 is 0 Å². The van der Waals surface area contributed by atoms with Crippen LogP contribution in [0, 0.1) is 11.8 Å². The fourth-order valence-electron chi connectivity index (χ4n) is 2.27. The fourth-order valence-corrected chi connectivity index (χ4v) is 2.27. The summed E-state index contributed by atoms with van der Waals surface area (Å²) < 4.78 is 4.58. The highest BCUT2D eigenvalue weighted by atomic mass is 16.5. The number of benzene rings is 1. The first-order valence-electron chi connectivity index (χ1n) is 6.71. The quantitative estimate of drug-likeness (QED) is 0.602. The maximum Gasteiger partial charge on any atom is 0.317 e. The van der Waals surface area contributed by atoms with Crippen molar-refractivity contribution in [2.45, 2.75) is 25.7 Å². The second kappa shape index (κ2) is 6.84. The topological polar surface area (TPSA) is 29.5 Å². The summed E-state index contributed by atoms with van der Waals surface area (Å²) in [5, 5.41) is 0. The summed E-state index contributed by atoms with van der Waals surface area (Å²) in [6.07, 6.45) is 3.94. The van der Waals surface area contributed by atoms with E-state index in [0.717, 1.165) is 18.7 Å². The number of para-hydroxylation sites is 1. The molecule has 0 aliphatic carbocycles. The number of nitrogens with zero attached hydrogens (tertiary/aromatic N) is 1. The summed E-state index contributed by atoms with van der Waals surface area (Å²) in [4.78, 5) is 13.4. The summed E-state index contributed by atoms with van der Waals surface area (Å²) in [5.41, 5.74) is 2.17. The van der Waals surface area contributed by atoms with E-state index in [-0.39, 0.29) is 12.4 Å². The van der Waals surface area contributed by atoms with Crippen molar-refractivity contribution in [3.05, 3.63) is 29.8 Å². The van der Waals surface area contributed by atoms with Crippen LogP contribution >= 0.6 is 0 Å². The van der Waals surface area contributed by atoms with Gasteiger partial charge < -0.3 is 9.64 Å². The minimum Gasteiger partial charge on any atom is -0.468 e.